The number of nitrogens with zero attached hydrogens (tertiary/aromatic N) is 2. The summed E-state index contributed by atoms with van der Waals surface area (Å²) >= 11 is 18.4. The maximum absolute atomic E-state index is 11.9. The second-order valence-corrected chi connectivity index (χ2v) is 8.18. The molecule has 1 heterocycles. The molecule has 0 atom stereocenters. The van der Waals surface area contributed by atoms with E-state index in [-0.39, 0.29) is 15.7 Å². The molecule has 0 aliphatic carbocycles. The lowest BCUT2D eigenvalue weighted by Crippen LogP contribution is -2.29. The van der Waals surface area contributed by atoms with Gasteiger partial charge in [0.2, 0.25) is 10.0 Å². The molecule has 1 amide bonds. The van der Waals surface area contributed by atoms with Crippen LogP contribution in [-0.2, 0) is 10.0 Å². The molecule has 25 heavy (non-hydrogen) atoms. The molecule has 0 spiro atoms. The fourth-order valence-corrected chi connectivity index (χ4v) is 3.40. The summed E-state index contributed by atoms with van der Waals surface area (Å²) in [5.74, 6) is -0.772. The molecule has 3 aromatic rings. The SMILES string of the molecule is CS(=O)(=O)NC(=O)c1ccc(-n2nc(Cl)c3cc(Cl)ccc32)c(Cl)c1. The van der Waals surface area contributed by atoms with E-state index in [1.807, 2.05) is 4.72 Å². The summed E-state index contributed by atoms with van der Waals surface area (Å²) < 4.78 is 25.7. The first-order chi connectivity index (χ1) is 11.7. The van der Waals surface area contributed by atoms with Crippen LogP contribution in [0.4, 0.5) is 0 Å². The molecule has 0 saturated carbocycles. The first-order valence-electron chi connectivity index (χ1n) is 6.81. The number of fused-ring (bicyclic) bond motifs is 1. The Bertz CT molecular complexity index is 1110. The van der Waals surface area contributed by atoms with E-state index in [2.05, 4.69) is 5.10 Å². The van der Waals surface area contributed by atoms with Gasteiger partial charge in [0.25, 0.3) is 5.91 Å². The quantitative estimate of drug-likeness (QED) is 0.703. The molecule has 0 fully saturated rings. The topological polar surface area (TPSA) is 81.1 Å². The van der Waals surface area contributed by atoms with Gasteiger partial charge in [-0.05, 0) is 36.4 Å². The van der Waals surface area contributed by atoms with Gasteiger partial charge in [-0.15, -0.1) is 0 Å². The Hall–Kier alpha value is -1.80. The number of rotatable bonds is 3. The molecule has 0 saturated heterocycles. The van der Waals surface area contributed by atoms with E-state index in [9.17, 15) is 13.2 Å². The van der Waals surface area contributed by atoms with Gasteiger partial charge in [-0.2, -0.15) is 5.10 Å². The van der Waals surface area contributed by atoms with E-state index in [0.717, 1.165) is 6.26 Å². The maximum Gasteiger partial charge on any atom is 0.264 e. The Balaban J connectivity index is 2.07. The Morgan fingerprint density at radius 2 is 1.84 bits per heavy atom. The number of nitrogens with one attached hydrogen (secondary N) is 1. The molecule has 2 aromatic carbocycles. The van der Waals surface area contributed by atoms with Crippen molar-refractivity contribution in [2.75, 3.05) is 6.26 Å². The van der Waals surface area contributed by atoms with Crippen LogP contribution in [0, 0.1) is 0 Å². The monoisotopic (exact) mass is 417 g/mol. The molecule has 6 nitrogen and oxygen atoms in total. The third-order valence-electron chi connectivity index (χ3n) is 3.31. The van der Waals surface area contributed by atoms with Gasteiger partial charge in [0.1, 0.15) is 0 Å². The third kappa shape index (κ3) is 3.74. The van der Waals surface area contributed by atoms with Gasteiger partial charge >= 0.3 is 0 Å². The van der Waals surface area contributed by atoms with Crippen molar-refractivity contribution in [1.82, 2.24) is 14.5 Å². The number of amides is 1. The van der Waals surface area contributed by atoms with Crippen LogP contribution in [0.3, 0.4) is 0 Å². The molecule has 1 N–H and O–H groups in total. The van der Waals surface area contributed by atoms with Crippen LogP contribution in [-0.4, -0.2) is 30.4 Å². The van der Waals surface area contributed by atoms with Gasteiger partial charge in [-0.25, -0.2) is 17.8 Å². The summed E-state index contributed by atoms with van der Waals surface area (Å²) in [7, 11) is -3.67. The highest BCUT2D eigenvalue weighted by Gasteiger charge is 2.16. The Morgan fingerprint density at radius 1 is 1.12 bits per heavy atom. The highest BCUT2D eigenvalue weighted by molar-refractivity contribution is 7.89. The van der Waals surface area contributed by atoms with Crippen LogP contribution < -0.4 is 4.72 Å². The number of sulfonamides is 1. The van der Waals surface area contributed by atoms with E-state index < -0.39 is 15.9 Å². The fourth-order valence-electron chi connectivity index (χ4n) is 2.28. The van der Waals surface area contributed by atoms with Crippen LogP contribution in [0.2, 0.25) is 15.2 Å². The minimum atomic E-state index is -3.67. The predicted molar refractivity (Wildman–Crippen MR) is 98.4 cm³/mol. The molecule has 0 unspecified atom stereocenters. The highest BCUT2D eigenvalue weighted by Crippen LogP contribution is 2.31. The lowest BCUT2D eigenvalue weighted by molar-refractivity contribution is 0.0981. The fraction of sp³-hybridized carbons (Fsp3) is 0.0667. The largest absolute Gasteiger partial charge is 0.268 e. The van der Waals surface area contributed by atoms with Crippen LogP contribution in [0.5, 0.6) is 0 Å². The molecule has 0 aliphatic rings. The van der Waals surface area contributed by atoms with E-state index in [0.29, 0.717) is 21.6 Å². The number of hydrogen-bond donors (Lipinski definition) is 1. The van der Waals surface area contributed by atoms with Crippen LogP contribution in [0.15, 0.2) is 36.4 Å². The molecular weight excluding hydrogens is 409 g/mol. The van der Waals surface area contributed by atoms with E-state index >= 15 is 0 Å². The van der Waals surface area contributed by atoms with E-state index in [1.165, 1.54) is 16.8 Å². The Morgan fingerprint density at radius 3 is 2.48 bits per heavy atom. The zero-order valence-electron chi connectivity index (χ0n) is 12.6. The second-order valence-electron chi connectivity index (χ2n) is 5.23. The van der Waals surface area contributed by atoms with Crippen molar-refractivity contribution in [3.05, 3.63) is 57.2 Å². The summed E-state index contributed by atoms with van der Waals surface area (Å²) in [6, 6.07) is 9.48. The average Bonchev–Trinajstić information content (AvgIpc) is 2.82. The zero-order chi connectivity index (χ0) is 18.4. The normalized spacial score (nSPS) is 11.7. The van der Waals surface area contributed by atoms with Crippen molar-refractivity contribution in [3.8, 4) is 5.69 Å². The van der Waals surface area contributed by atoms with E-state index in [4.69, 9.17) is 34.8 Å². The number of carbonyl (C=O) groups is 1. The standard InChI is InChI=1S/C15H10Cl3N3O3S/c1-25(23,24)20-15(22)8-2-4-13(11(17)6-8)21-12-5-3-9(16)7-10(12)14(18)19-21/h2-7H,1H3,(H,20,22). The van der Waals surface area contributed by atoms with Gasteiger partial charge < -0.3 is 0 Å². The van der Waals surface area contributed by atoms with Crippen LogP contribution >= 0.6 is 34.8 Å². The molecule has 10 heteroatoms. The maximum atomic E-state index is 11.9. The van der Waals surface area contributed by atoms with Crippen molar-refractivity contribution in [2.24, 2.45) is 0 Å². The summed E-state index contributed by atoms with van der Waals surface area (Å²) in [6.45, 7) is 0. The number of carbonyl (C=O) groups excluding carboxylic acids is 1. The smallest absolute Gasteiger partial charge is 0.264 e. The van der Waals surface area contributed by atoms with Gasteiger partial charge in [-0.3, -0.25) is 4.79 Å². The van der Waals surface area contributed by atoms with Crippen LogP contribution in [0.1, 0.15) is 10.4 Å². The molecule has 3 rings (SSSR count). The average molecular weight is 419 g/mol. The lowest BCUT2D eigenvalue weighted by Gasteiger charge is -2.08. The first kappa shape index (κ1) is 18.0. The summed E-state index contributed by atoms with van der Waals surface area (Å²) in [5, 5.41) is 5.88. The summed E-state index contributed by atoms with van der Waals surface area (Å²) in [6.07, 6.45) is 0.893. The minimum absolute atomic E-state index is 0.102. The van der Waals surface area contributed by atoms with Crippen molar-refractivity contribution >= 4 is 61.6 Å². The predicted octanol–water partition coefficient (Wildman–Crippen LogP) is 3.68. The third-order valence-corrected chi connectivity index (χ3v) is 4.69. The Kier molecular flexibility index (Phi) is 4.68. The molecule has 0 radical (unpaired) electrons. The molecule has 0 aliphatic heterocycles. The van der Waals surface area contributed by atoms with Crippen molar-refractivity contribution in [1.29, 1.82) is 0 Å². The van der Waals surface area contributed by atoms with Crippen molar-refractivity contribution in [2.45, 2.75) is 0 Å². The highest BCUT2D eigenvalue weighted by atomic mass is 35.5. The minimum Gasteiger partial charge on any atom is -0.268 e. The van der Waals surface area contributed by atoms with E-state index in [1.54, 1.807) is 24.3 Å². The van der Waals surface area contributed by atoms with Crippen molar-refractivity contribution in [3.63, 3.8) is 0 Å². The molecule has 0 bridgehead atoms. The number of halogens is 3. The lowest BCUT2D eigenvalue weighted by atomic mass is 10.2. The first-order valence-corrected chi connectivity index (χ1v) is 9.84. The summed E-state index contributed by atoms with van der Waals surface area (Å²) in [5.41, 5.74) is 1.27. The van der Waals surface area contributed by atoms with Crippen molar-refractivity contribution < 1.29 is 13.2 Å². The van der Waals surface area contributed by atoms with Gasteiger partial charge in [-0.1, -0.05) is 34.8 Å². The molecule has 1 aromatic heterocycles. The zero-order valence-corrected chi connectivity index (χ0v) is 15.7. The van der Waals surface area contributed by atoms with Gasteiger partial charge in [0, 0.05) is 16.0 Å². The second kappa shape index (κ2) is 6.49. The van der Waals surface area contributed by atoms with Gasteiger partial charge in [0.15, 0.2) is 5.15 Å². The van der Waals surface area contributed by atoms with Crippen LogP contribution in [0.25, 0.3) is 16.6 Å². The Labute approximate surface area is 158 Å². The molecular formula is C15H10Cl3N3O3S. The number of aromatic nitrogens is 2. The van der Waals surface area contributed by atoms with Gasteiger partial charge in [0.05, 0.1) is 22.5 Å². The number of benzene rings is 2. The summed E-state index contributed by atoms with van der Waals surface area (Å²) in [4.78, 5) is 11.9. The molecule has 130 valence electrons. The number of hydrogen-bond acceptors (Lipinski definition) is 4.